The van der Waals surface area contributed by atoms with Gasteiger partial charge in [0.05, 0.1) is 11.0 Å². The van der Waals surface area contributed by atoms with Crippen LogP contribution >= 0.6 is 11.8 Å². The number of nitrogens with zero attached hydrogens (tertiary/aromatic N) is 4. The third kappa shape index (κ3) is 5.28. The van der Waals surface area contributed by atoms with Crippen molar-refractivity contribution in [2.75, 3.05) is 0 Å². The van der Waals surface area contributed by atoms with E-state index in [2.05, 4.69) is 102 Å². The Labute approximate surface area is 266 Å². The van der Waals surface area contributed by atoms with Gasteiger partial charge >= 0.3 is 0 Å². The van der Waals surface area contributed by atoms with E-state index in [1.807, 2.05) is 60.7 Å². The minimum Gasteiger partial charge on any atom is -0.309 e. The number of hydrogen-bond acceptors (Lipinski definition) is 4. The van der Waals surface area contributed by atoms with Gasteiger partial charge in [-0.05, 0) is 49.4 Å². The van der Waals surface area contributed by atoms with E-state index in [1.165, 1.54) is 38.0 Å². The van der Waals surface area contributed by atoms with Crippen LogP contribution in [0, 0.1) is 6.92 Å². The third-order valence-electron chi connectivity index (χ3n) is 7.98. The van der Waals surface area contributed by atoms with Crippen molar-refractivity contribution in [1.29, 1.82) is 0 Å². The number of para-hydroxylation sites is 1. The van der Waals surface area contributed by atoms with Gasteiger partial charge in [-0.15, -0.1) is 0 Å². The quantitative estimate of drug-likeness (QED) is 0.192. The Morgan fingerprint density at radius 2 is 0.956 bits per heavy atom. The lowest BCUT2D eigenvalue weighted by atomic mass is 10.1. The molecule has 45 heavy (non-hydrogen) atoms. The van der Waals surface area contributed by atoms with Gasteiger partial charge in [-0.2, -0.15) is 0 Å². The van der Waals surface area contributed by atoms with Crippen molar-refractivity contribution >= 4 is 33.6 Å². The van der Waals surface area contributed by atoms with Crippen LogP contribution in [0.2, 0.25) is 0 Å². The highest BCUT2D eigenvalue weighted by atomic mass is 32.2. The molecule has 0 amide bonds. The summed E-state index contributed by atoms with van der Waals surface area (Å²) in [4.78, 5) is 16.9. The molecule has 0 aliphatic rings. The van der Waals surface area contributed by atoms with Crippen LogP contribution in [-0.4, -0.2) is 19.5 Å². The predicted octanol–water partition coefficient (Wildman–Crippen LogP) is 10.4. The summed E-state index contributed by atoms with van der Waals surface area (Å²) in [5.74, 6) is 1.98. The molecule has 0 atom stereocenters. The number of hydrogen-bond donors (Lipinski definition) is 0. The van der Waals surface area contributed by atoms with Gasteiger partial charge in [-0.1, -0.05) is 127 Å². The Bertz CT molecular complexity index is 2220. The zero-order valence-corrected chi connectivity index (χ0v) is 25.4. The van der Waals surface area contributed by atoms with Gasteiger partial charge in [0, 0.05) is 42.9 Å². The molecule has 0 N–H and O–H groups in total. The van der Waals surface area contributed by atoms with Gasteiger partial charge in [0.15, 0.2) is 17.5 Å². The van der Waals surface area contributed by atoms with Crippen LogP contribution in [-0.2, 0) is 0 Å². The highest BCUT2D eigenvalue weighted by molar-refractivity contribution is 7.99. The summed E-state index contributed by atoms with van der Waals surface area (Å²) in [7, 11) is 0. The lowest BCUT2D eigenvalue weighted by Crippen LogP contribution is -2.00. The summed E-state index contributed by atoms with van der Waals surface area (Å²) in [5, 5.41) is 2.51. The first kappa shape index (κ1) is 27.1. The van der Waals surface area contributed by atoms with Crippen LogP contribution < -0.4 is 0 Å². The molecule has 6 aromatic carbocycles. The minimum atomic E-state index is 0.656. The fraction of sp³-hybridized carbons (Fsp3) is 0.0250. The minimum absolute atomic E-state index is 0.656. The van der Waals surface area contributed by atoms with Crippen LogP contribution in [0.15, 0.2) is 161 Å². The van der Waals surface area contributed by atoms with Crippen LogP contribution in [0.4, 0.5) is 0 Å². The summed E-state index contributed by atoms with van der Waals surface area (Å²) in [6.45, 7) is 2.13. The maximum atomic E-state index is 4.88. The lowest BCUT2D eigenvalue weighted by molar-refractivity contribution is 1.07. The molecule has 0 spiro atoms. The van der Waals surface area contributed by atoms with Gasteiger partial charge in [0.2, 0.25) is 0 Å². The first-order valence-electron chi connectivity index (χ1n) is 15.0. The summed E-state index contributed by atoms with van der Waals surface area (Å²) in [6, 6.07) is 52.8. The molecule has 5 heteroatoms. The Kier molecular flexibility index (Phi) is 6.93. The normalized spacial score (nSPS) is 11.3. The van der Waals surface area contributed by atoms with Crippen molar-refractivity contribution in [2.24, 2.45) is 0 Å². The van der Waals surface area contributed by atoms with Gasteiger partial charge in [-0.25, -0.2) is 15.0 Å². The molecule has 2 aromatic heterocycles. The third-order valence-corrected chi connectivity index (χ3v) is 8.98. The molecule has 0 saturated heterocycles. The number of benzene rings is 6. The fourth-order valence-corrected chi connectivity index (χ4v) is 6.58. The van der Waals surface area contributed by atoms with E-state index in [1.54, 1.807) is 11.8 Å². The Morgan fingerprint density at radius 3 is 1.58 bits per heavy atom. The predicted molar refractivity (Wildman–Crippen MR) is 186 cm³/mol. The average Bonchev–Trinajstić information content (AvgIpc) is 3.43. The molecule has 0 aliphatic carbocycles. The first-order chi connectivity index (χ1) is 22.2. The molecule has 0 unspecified atom stereocenters. The molecule has 0 fully saturated rings. The zero-order chi connectivity index (χ0) is 30.2. The van der Waals surface area contributed by atoms with Crippen LogP contribution in [0.3, 0.4) is 0 Å². The summed E-state index contributed by atoms with van der Waals surface area (Å²) >= 11 is 1.76. The highest BCUT2D eigenvalue weighted by Gasteiger charge is 2.14. The molecular weight excluding hydrogens is 569 g/mol. The van der Waals surface area contributed by atoms with E-state index in [9.17, 15) is 0 Å². The monoisotopic (exact) mass is 596 g/mol. The van der Waals surface area contributed by atoms with Gasteiger partial charge in [0.25, 0.3) is 0 Å². The maximum Gasteiger partial charge on any atom is 0.164 e. The molecule has 8 aromatic rings. The van der Waals surface area contributed by atoms with Crippen molar-refractivity contribution in [2.45, 2.75) is 16.7 Å². The van der Waals surface area contributed by atoms with Crippen molar-refractivity contribution in [3.05, 3.63) is 157 Å². The lowest BCUT2D eigenvalue weighted by Gasteiger charge is -2.10. The van der Waals surface area contributed by atoms with Crippen molar-refractivity contribution < 1.29 is 0 Å². The number of aryl methyl sites for hydroxylation is 1. The standard InChI is InChI=1S/C40H28N4S/c1-27-16-20-31(21-17-27)44-36-15-9-8-14-34(36)35-25-24-33(26-37(35)44)45-32-22-18-30(19-23-32)40-42-38(28-10-4-2-5-11-28)41-39(43-40)29-12-6-3-7-13-29/h2-26H,1H3. The molecule has 214 valence electrons. The first-order valence-corrected chi connectivity index (χ1v) is 15.8. The van der Waals surface area contributed by atoms with Crippen LogP contribution in [0.1, 0.15) is 5.56 Å². The SMILES string of the molecule is Cc1ccc(-n2c3ccccc3c3ccc(Sc4ccc(-c5nc(-c6ccccc6)nc(-c6ccccc6)n5)cc4)cc32)cc1. The molecule has 4 nitrogen and oxygen atoms in total. The fourth-order valence-electron chi connectivity index (χ4n) is 5.73. The van der Waals surface area contributed by atoms with Gasteiger partial charge in [-0.3, -0.25) is 0 Å². The van der Waals surface area contributed by atoms with Crippen LogP contribution in [0.5, 0.6) is 0 Å². The molecule has 0 bridgehead atoms. The highest BCUT2D eigenvalue weighted by Crippen LogP contribution is 2.37. The Morgan fingerprint density at radius 1 is 0.444 bits per heavy atom. The topological polar surface area (TPSA) is 43.6 Å². The van der Waals surface area contributed by atoms with E-state index in [4.69, 9.17) is 15.0 Å². The molecule has 2 heterocycles. The summed E-state index contributed by atoms with van der Waals surface area (Å²) in [5.41, 5.74) is 7.71. The van der Waals surface area contributed by atoms with Crippen molar-refractivity contribution in [3.8, 4) is 39.9 Å². The second-order valence-corrected chi connectivity index (χ2v) is 12.2. The van der Waals surface area contributed by atoms with Gasteiger partial charge < -0.3 is 4.57 Å². The zero-order valence-electron chi connectivity index (χ0n) is 24.6. The largest absolute Gasteiger partial charge is 0.309 e. The average molecular weight is 597 g/mol. The molecule has 0 aliphatic heterocycles. The molecule has 8 rings (SSSR count). The maximum absolute atomic E-state index is 4.88. The number of fused-ring (bicyclic) bond motifs is 3. The summed E-state index contributed by atoms with van der Waals surface area (Å²) < 4.78 is 2.37. The smallest absolute Gasteiger partial charge is 0.164 e. The molecular formula is C40H28N4S. The van der Waals surface area contributed by atoms with Crippen molar-refractivity contribution in [3.63, 3.8) is 0 Å². The number of rotatable bonds is 6. The summed E-state index contributed by atoms with van der Waals surface area (Å²) in [6.07, 6.45) is 0. The van der Waals surface area contributed by atoms with E-state index < -0.39 is 0 Å². The second kappa shape index (κ2) is 11.5. The van der Waals surface area contributed by atoms with Crippen molar-refractivity contribution in [1.82, 2.24) is 19.5 Å². The Balaban J connectivity index is 1.15. The Hall–Kier alpha value is -5.52. The molecule has 0 radical (unpaired) electrons. The molecule has 0 saturated carbocycles. The second-order valence-electron chi connectivity index (χ2n) is 11.0. The van der Waals surface area contributed by atoms with E-state index in [0.717, 1.165) is 21.6 Å². The van der Waals surface area contributed by atoms with E-state index >= 15 is 0 Å². The van der Waals surface area contributed by atoms with Gasteiger partial charge in [0.1, 0.15) is 0 Å². The number of aromatic nitrogens is 4. The van der Waals surface area contributed by atoms with E-state index in [-0.39, 0.29) is 0 Å². The van der Waals surface area contributed by atoms with E-state index in [0.29, 0.717) is 17.5 Å². The van der Waals surface area contributed by atoms with Crippen LogP contribution in [0.25, 0.3) is 61.7 Å².